The molecule has 17 nitrogen and oxygen atoms in total. The number of aliphatic hydroxyl groups is 1. The average Bonchev–Trinajstić information content (AvgIpc) is 3.71. The summed E-state index contributed by atoms with van der Waals surface area (Å²) >= 11 is 0. The van der Waals surface area contributed by atoms with Gasteiger partial charge in [-0.15, -0.1) is 0 Å². The molecular formula is C42H67N7O10. The number of methoxy groups -OCH3 is 1. The predicted molar refractivity (Wildman–Crippen MR) is 220 cm³/mol. The minimum atomic E-state index is -1.36. The van der Waals surface area contributed by atoms with Crippen LogP contribution in [0, 0.1) is 17.8 Å². The SMILES string of the molecule is CC[C@H](C)[C@H](O)C(=O)N[C@H](CC(C)C)C(=O)N(C)[C@H](CCC(N)=O)C(=O)N[C@H](C(=O)NCC(=O)N(C)[C@H](Cc1ccccc1)C(=O)N1CCC[C@H]1C(=O)OC)[C@@H](C)CC. The summed E-state index contributed by atoms with van der Waals surface area (Å²) in [4.78, 5) is 111. The van der Waals surface area contributed by atoms with Gasteiger partial charge in [0.2, 0.25) is 41.4 Å². The Kier molecular flexibility index (Phi) is 20.5. The minimum absolute atomic E-state index is 0.0692. The molecule has 0 radical (unpaired) electrons. The normalized spacial score (nSPS) is 17.3. The van der Waals surface area contributed by atoms with Gasteiger partial charge in [-0.25, -0.2) is 4.79 Å². The van der Waals surface area contributed by atoms with Gasteiger partial charge in [0, 0.05) is 33.5 Å². The molecule has 330 valence electrons. The first-order valence-electron chi connectivity index (χ1n) is 20.6. The molecule has 8 atom stereocenters. The molecule has 59 heavy (non-hydrogen) atoms. The standard InChI is InChI=1S/C42H67N7O10/c1-10-26(5)35(46-37(53)30(19-20-33(43)50)48(8)40(56)29(22-25(3)4)45-39(55)36(52)27(6)11-2)38(54)44-24-34(51)47(7)32(23-28-16-13-12-14-17-28)41(57)49-21-15-18-31(49)42(58)59-9/h12-14,16-17,25-27,29-32,35-36,52H,10-11,15,18-24H2,1-9H3,(H2,43,50)(H,44,54)(H,45,55)(H,46,53)/t26-,27-,29+,30+,31-,32+,35-,36-/m0/s1. The summed E-state index contributed by atoms with van der Waals surface area (Å²) in [7, 11) is 4.06. The molecule has 0 aromatic heterocycles. The summed E-state index contributed by atoms with van der Waals surface area (Å²) in [5, 5.41) is 18.5. The topological polar surface area (TPSA) is 238 Å². The molecule has 6 N–H and O–H groups in total. The monoisotopic (exact) mass is 829 g/mol. The fourth-order valence-corrected chi connectivity index (χ4v) is 6.96. The van der Waals surface area contributed by atoms with E-state index in [1.54, 1.807) is 13.8 Å². The zero-order valence-electron chi connectivity index (χ0n) is 36.2. The predicted octanol–water partition coefficient (Wildman–Crippen LogP) is 0.898. The molecule has 1 fully saturated rings. The molecule has 1 aliphatic rings. The Morgan fingerprint density at radius 3 is 2.07 bits per heavy atom. The molecule has 2 rings (SSSR count). The number of amides is 7. The number of benzene rings is 1. The summed E-state index contributed by atoms with van der Waals surface area (Å²) in [6.07, 6.45) is 0.479. The number of carbonyl (C=O) groups excluding carboxylic acids is 8. The van der Waals surface area contributed by atoms with Crippen molar-refractivity contribution in [2.75, 3.05) is 34.3 Å². The van der Waals surface area contributed by atoms with Crippen LogP contribution in [0.2, 0.25) is 0 Å². The number of nitrogens with one attached hydrogen (secondary N) is 3. The summed E-state index contributed by atoms with van der Waals surface area (Å²) in [5.41, 5.74) is 6.21. The second-order valence-corrected chi connectivity index (χ2v) is 16.0. The van der Waals surface area contributed by atoms with Gasteiger partial charge in [-0.2, -0.15) is 0 Å². The Hall–Kier alpha value is -5.06. The van der Waals surface area contributed by atoms with Gasteiger partial charge in [0.15, 0.2) is 0 Å². The van der Waals surface area contributed by atoms with E-state index in [4.69, 9.17) is 10.5 Å². The van der Waals surface area contributed by atoms with Crippen molar-refractivity contribution in [1.29, 1.82) is 0 Å². The van der Waals surface area contributed by atoms with Crippen LogP contribution in [0.4, 0.5) is 0 Å². The second kappa shape index (κ2) is 24.1. The lowest BCUT2D eigenvalue weighted by Gasteiger charge is -2.34. The maximum Gasteiger partial charge on any atom is 0.328 e. The number of carbonyl (C=O) groups is 8. The molecule has 0 spiro atoms. The lowest BCUT2D eigenvalue weighted by Crippen LogP contribution is -2.59. The summed E-state index contributed by atoms with van der Waals surface area (Å²) in [5.74, 6) is -6.03. The molecule has 1 saturated heterocycles. The number of aliphatic hydroxyl groups excluding tert-OH is 1. The largest absolute Gasteiger partial charge is 0.467 e. The Balaban J connectivity index is 2.32. The Morgan fingerprint density at radius 1 is 0.881 bits per heavy atom. The van der Waals surface area contributed by atoms with Gasteiger partial charge in [-0.05, 0) is 49.0 Å². The number of nitrogens with two attached hydrogens (primary N) is 1. The number of ether oxygens (including phenoxy) is 1. The number of likely N-dealkylation sites (tertiary alicyclic amines) is 1. The zero-order chi connectivity index (χ0) is 44.6. The maximum absolute atomic E-state index is 14.0. The van der Waals surface area contributed by atoms with E-state index in [-0.39, 0.29) is 37.5 Å². The summed E-state index contributed by atoms with van der Waals surface area (Å²) in [6, 6.07) is 3.70. The molecule has 1 aromatic rings. The van der Waals surface area contributed by atoms with Gasteiger partial charge in [-0.3, -0.25) is 33.6 Å². The van der Waals surface area contributed by atoms with Crippen molar-refractivity contribution >= 4 is 47.3 Å². The van der Waals surface area contributed by atoms with Crippen LogP contribution >= 0.6 is 0 Å². The molecule has 1 heterocycles. The third kappa shape index (κ3) is 14.6. The van der Waals surface area contributed by atoms with Gasteiger partial charge in [-0.1, -0.05) is 84.7 Å². The number of hydrogen-bond acceptors (Lipinski definition) is 10. The van der Waals surface area contributed by atoms with Crippen molar-refractivity contribution in [3.63, 3.8) is 0 Å². The molecule has 7 amide bonds. The fraction of sp³-hybridized carbons (Fsp3) is 0.667. The fourth-order valence-electron chi connectivity index (χ4n) is 6.96. The zero-order valence-corrected chi connectivity index (χ0v) is 36.2. The van der Waals surface area contributed by atoms with Crippen LogP contribution in [-0.4, -0.2) is 138 Å². The van der Waals surface area contributed by atoms with Crippen molar-refractivity contribution in [2.24, 2.45) is 23.5 Å². The first-order valence-corrected chi connectivity index (χ1v) is 20.6. The third-order valence-corrected chi connectivity index (χ3v) is 11.2. The van der Waals surface area contributed by atoms with Crippen molar-refractivity contribution in [2.45, 2.75) is 129 Å². The average molecular weight is 830 g/mol. The van der Waals surface area contributed by atoms with Crippen LogP contribution in [0.1, 0.15) is 92.1 Å². The van der Waals surface area contributed by atoms with Crippen molar-refractivity contribution in [3.8, 4) is 0 Å². The van der Waals surface area contributed by atoms with Crippen LogP contribution < -0.4 is 21.7 Å². The molecular weight excluding hydrogens is 763 g/mol. The van der Waals surface area contributed by atoms with E-state index in [2.05, 4.69) is 16.0 Å². The van der Waals surface area contributed by atoms with E-state index in [0.717, 1.165) is 10.5 Å². The van der Waals surface area contributed by atoms with Gasteiger partial charge in [0.05, 0.1) is 13.7 Å². The molecule has 0 bridgehead atoms. The number of rotatable bonds is 23. The highest BCUT2D eigenvalue weighted by molar-refractivity contribution is 5.96. The smallest absolute Gasteiger partial charge is 0.328 e. The number of primary amides is 1. The first kappa shape index (κ1) is 50.1. The van der Waals surface area contributed by atoms with E-state index < -0.39 is 96.1 Å². The van der Waals surface area contributed by atoms with E-state index >= 15 is 0 Å². The van der Waals surface area contributed by atoms with Gasteiger partial charge < -0.3 is 46.2 Å². The highest BCUT2D eigenvalue weighted by Crippen LogP contribution is 2.23. The van der Waals surface area contributed by atoms with Crippen molar-refractivity contribution < 1.29 is 48.2 Å². The van der Waals surface area contributed by atoms with Crippen molar-refractivity contribution in [1.82, 2.24) is 30.7 Å². The lowest BCUT2D eigenvalue weighted by atomic mass is 9.96. The summed E-state index contributed by atoms with van der Waals surface area (Å²) in [6.45, 7) is 10.5. The third-order valence-electron chi connectivity index (χ3n) is 11.2. The van der Waals surface area contributed by atoms with E-state index in [9.17, 15) is 43.5 Å². The molecule has 0 saturated carbocycles. The quantitative estimate of drug-likeness (QED) is 0.0978. The number of nitrogens with zero attached hydrogens (tertiary/aromatic N) is 3. The molecule has 0 aliphatic carbocycles. The van der Waals surface area contributed by atoms with Crippen molar-refractivity contribution in [3.05, 3.63) is 35.9 Å². The Bertz CT molecular complexity index is 1610. The van der Waals surface area contributed by atoms with Crippen LogP contribution in [0.3, 0.4) is 0 Å². The number of esters is 1. The Labute approximate surface area is 348 Å². The van der Waals surface area contributed by atoms with Gasteiger partial charge in [0.1, 0.15) is 36.3 Å². The van der Waals surface area contributed by atoms with E-state index in [0.29, 0.717) is 32.2 Å². The second-order valence-electron chi connectivity index (χ2n) is 16.0. The molecule has 17 heteroatoms. The number of likely N-dealkylation sites (N-methyl/N-ethyl adjacent to an activating group) is 2. The summed E-state index contributed by atoms with van der Waals surface area (Å²) < 4.78 is 4.93. The molecule has 0 unspecified atom stereocenters. The maximum atomic E-state index is 14.0. The lowest BCUT2D eigenvalue weighted by molar-refractivity contribution is -0.154. The highest BCUT2D eigenvalue weighted by atomic mass is 16.5. The first-order chi connectivity index (χ1) is 27.8. The van der Waals surface area contributed by atoms with Crippen LogP contribution in [0.15, 0.2) is 30.3 Å². The van der Waals surface area contributed by atoms with Crippen LogP contribution in [0.5, 0.6) is 0 Å². The van der Waals surface area contributed by atoms with Gasteiger partial charge in [0.25, 0.3) is 0 Å². The Morgan fingerprint density at radius 2 is 1.51 bits per heavy atom. The van der Waals surface area contributed by atoms with Gasteiger partial charge >= 0.3 is 5.97 Å². The molecule has 1 aromatic carbocycles. The van der Waals surface area contributed by atoms with E-state index in [1.807, 2.05) is 58.0 Å². The van der Waals surface area contributed by atoms with E-state index in [1.165, 1.54) is 31.0 Å². The highest BCUT2D eigenvalue weighted by Gasteiger charge is 2.41. The molecule has 1 aliphatic heterocycles. The number of hydrogen-bond donors (Lipinski definition) is 5. The minimum Gasteiger partial charge on any atom is -0.467 e. The van der Waals surface area contributed by atoms with Crippen LogP contribution in [-0.2, 0) is 49.5 Å². The van der Waals surface area contributed by atoms with Crippen LogP contribution in [0.25, 0.3) is 0 Å².